The number of aryl methyl sites for hydroxylation is 1. The number of nitrogens with one attached hydrogen (secondary N) is 1. The predicted octanol–water partition coefficient (Wildman–Crippen LogP) is 0.653. The first-order valence-electron chi connectivity index (χ1n) is 6.07. The first-order chi connectivity index (χ1) is 9.42. The minimum Gasteiger partial charge on any atom is -0.480 e. The van der Waals surface area contributed by atoms with Crippen LogP contribution in [0.4, 0.5) is 10.5 Å². The van der Waals surface area contributed by atoms with E-state index in [0.717, 1.165) is 16.9 Å². The topological polar surface area (TPSA) is 113 Å². The van der Waals surface area contributed by atoms with Crippen molar-refractivity contribution >= 4 is 23.6 Å². The van der Waals surface area contributed by atoms with Gasteiger partial charge >= 0.3 is 12.0 Å². The Morgan fingerprint density at radius 1 is 1.20 bits per heavy atom. The van der Waals surface area contributed by atoms with Gasteiger partial charge in [-0.3, -0.25) is 9.59 Å². The van der Waals surface area contributed by atoms with Crippen LogP contribution in [-0.2, 0) is 16.0 Å². The van der Waals surface area contributed by atoms with E-state index in [-0.39, 0.29) is 0 Å². The monoisotopic (exact) mass is 279 g/mol. The molecule has 0 saturated carbocycles. The summed E-state index contributed by atoms with van der Waals surface area (Å²) in [5, 5.41) is 11.2. The maximum absolute atomic E-state index is 11.9. The molecule has 0 radical (unpaired) electrons. The Hall–Kier alpha value is -2.57. The summed E-state index contributed by atoms with van der Waals surface area (Å²) in [5.74, 6) is -1.99. The van der Waals surface area contributed by atoms with Gasteiger partial charge in [-0.2, -0.15) is 0 Å². The van der Waals surface area contributed by atoms with Crippen LogP contribution >= 0.6 is 0 Å². The smallest absolute Gasteiger partial charge is 0.323 e. The van der Waals surface area contributed by atoms with Gasteiger partial charge in [0, 0.05) is 5.69 Å². The zero-order chi connectivity index (χ0) is 15.1. The van der Waals surface area contributed by atoms with Crippen LogP contribution in [0.25, 0.3) is 0 Å². The lowest BCUT2D eigenvalue weighted by atomic mass is 10.1. The Morgan fingerprint density at radius 3 is 2.25 bits per heavy atom. The van der Waals surface area contributed by atoms with E-state index in [4.69, 9.17) is 10.8 Å². The van der Waals surface area contributed by atoms with E-state index < -0.39 is 31.0 Å². The predicted molar refractivity (Wildman–Crippen MR) is 73.2 cm³/mol. The highest BCUT2D eigenvalue weighted by Gasteiger charge is 2.18. The van der Waals surface area contributed by atoms with Gasteiger partial charge in [0.2, 0.25) is 5.91 Å². The van der Waals surface area contributed by atoms with Gasteiger partial charge < -0.3 is 21.1 Å². The number of carbonyl (C=O) groups excluding carboxylic acids is 2. The molecule has 7 heteroatoms. The third-order valence-corrected chi connectivity index (χ3v) is 2.57. The van der Waals surface area contributed by atoms with Gasteiger partial charge in [0.05, 0.1) is 0 Å². The van der Waals surface area contributed by atoms with Gasteiger partial charge in [-0.05, 0) is 24.1 Å². The number of rotatable bonds is 6. The van der Waals surface area contributed by atoms with Crippen molar-refractivity contribution in [3.63, 3.8) is 0 Å². The lowest BCUT2D eigenvalue weighted by Crippen LogP contribution is -2.43. The number of carbonyl (C=O) groups is 3. The summed E-state index contributed by atoms with van der Waals surface area (Å²) in [7, 11) is 0. The molecule has 0 saturated heterocycles. The number of hydrogen-bond acceptors (Lipinski definition) is 3. The molecule has 0 aliphatic rings. The van der Waals surface area contributed by atoms with Gasteiger partial charge in [0.1, 0.15) is 13.1 Å². The minimum absolute atomic E-state index is 0.453. The summed E-state index contributed by atoms with van der Waals surface area (Å²) < 4.78 is 0. The molecule has 0 aliphatic heterocycles. The van der Waals surface area contributed by atoms with Crippen LogP contribution < -0.4 is 11.1 Å². The van der Waals surface area contributed by atoms with Gasteiger partial charge in [0.25, 0.3) is 0 Å². The highest BCUT2D eigenvalue weighted by molar-refractivity contribution is 5.93. The molecule has 0 aliphatic carbocycles. The third-order valence-electron chi connectivity index (χ3n) is 2.57. The highest BCUT2D eigenvalue weighted by Crippen LogP contribution is 2.10. The van der Waals surface area contributed by atoms with Gasteiger partial charge in [-0.25, -0.2) is 4.79 Å². The molecule has 0 unspecified atom stereocenters. The number of urea groups is 1. The molecule has 4 N–H and O–H groups in total. The molecule has 0 heterocycles. The molecule has 3 amide bonds. The zero-order valence-corrected chi connectivity index (χ0v) is 11.1. The standard InChI is InChI=1S/C13H17N3O4/c1-2-9-3-5-10(6-4-9)15-13(20)16(7-11(14)17)8-12(18)19/h3-6H,2,7-8H2,1H3,(H2,14,17)(H,15,20)(H,18,19). The van der Waals surface area contributed by atoms with Crippen molar-refractivity contribution in [1.29, 1.82) is 0 Å². The Morgan fingerprint density at radius 2 is 1.80 bits per heavy atom. The number of aliphatic carboxylic acids is 1. The molecule has 20 heavy (non-hydrogen) atoms. The van der Waals surface area contributed by atoms with E-state index in [1.54, 1.807) is 12.1 Å². The Bertz CT molecular complexity index is 483. The van der Waals surface area contributed by atoms with Crippen molar-refractivity contribution in [2.24, 2.45) is 5.73 Å². The fraction of sp³-hybridized carbons (Fsp3) is 0.308. The molecule has 7 nitrogen and oxygen atoms in total. The van der Waals surface area contributed by atoms with Crippen LogP contribution in [0.15, 0.2) is 24.3 Å². The number of nitrogens with two attached hydrogens (primary N) is 1. The summed E-state index contributed by atoms with van der Waals surface area (Å²) in [5.41, 5.74) is 6.62. The van der Waals surface area contributed by atoms with Crippen LogP contribution in [0.1, 0.15) is 12.5 Å². The average molecular weight is 279 g/mol. The van der Waals surface area contributed by atoms with Gasteiger partial charge in [0.15, 0.2) is 0 Å². The average Bonchev–Trinajstić information content (AvgIpc) is 2.37. The first kappa shape index (κ1) is 15.5. The third kappa shape index (κ3) is 4.97. The number of amides is 3. The summed E-state index contributed by atoms with van der Waals surface area (Å²) in [4.78, 5) is 34.2. The Kier molecular flexibility index (Phi) is 5.52. The van der Waals surface area contributed by atoms with Gasteiger partial charge in [-0.15, -0.1) is 0 Å². The minimum atomic E-state index is -1.22. The Balaban J connectivity index is 2.73. The number of benzene rings is 1. The van der Waals surface area contributed by atoms with E-state index >= 15 is 0 Å². The second-order valence-corrected chi connectivity index (χ2v) is 4.20. The zero-order valence-electron chi connectivity index (χ0n) is 11.1. The Labute approximate surface area is 116 Å². The molecule has 1 aromatic rings. The van der Waals surface area contributed by atoms with E-state index in [0.29, 0.717) is 5.69 Å². The maximum Gasteiger partial charge on any atom is 0.323 e. The molecular formula is C13H17N3O4. The largest absolute Gasteiger partial charge is 0.480 e. The first-order valence-corrected chi connectivity index (χ1v) is 6.07. The lowest BCUT2D eigenvalue weighted by molar-refractivity contribution is -0.137. The second kappa shape index (κ2) is 7.13. The molecule has 1 rings (SSSR count). The summed E-state index contributed by atoms with van der Waals surface area (Å²) in [6, 6.07) is 6.44. The number of nitrogens with zero attached hydrogens (tertiary/aromatic N) is 1. The van der Waals surface area contributed by atoms with Crippen LogP contribution in [0.3, 0.4) is 0 Å². The van der Waals surface area contributed by atoms with Crippen LogP contribution in [0.2, 0.25) is 0 Å². The quantitative estimate of drug-likeness (QED) is 0.709. The summed E-state index contributed by atoms with van der Waals surface area (Å²) in [6.07, 6.45) is 0.876. The molecule has 0 atom stereocenters. The number of carboxylic acids is 1. The SMILES string of the molecule is CCc1ccc(NC(=O)N(CC(N)=O)CC(=O)O)cc1. The molecule has 1 aromatic carbocycles. The van der Waals surface area contributed by atoms with Crippen molar-refractivity contribution in [3.8, 4) is 0 Å². The normalized spacial score (nSPS) is 9.85. The fourth-order valence-electron chi connectivity index (χ4n) is 1.58. The van der Waals surface area contributed by atoms with Crippen molar-refractivity contribution < 1.29 is 19.5 Å². The highest BCUT2D eigenvalue weighted by atomic mass is 16.4. The van der Waals surface area contributed by atoms with E-state index in [2.05, 4.69) is 5.32 Å². The second-order valence-electron chi connectivity index (χ2n) is 4.20. The number of primary amides is 1. The van der Waals surface area contributed by atoms with E-state index in [1.807, 2.05) is 19.1 Å². The van der Waals surface area contributed by atoms with Gasteiger partial charge in [-0.1, -0.05) is 19.1 Å². The van der Waals surface area contributed by atoms with Crippen molar-refractivity contribution in [2.45, 2.75) is 13.3 Å². The molecule has 0 aromatic heterocycles. The lowest BCUT2D eigenvalue weighted by Gasteiger charge is -2.19. The van der Waals surface area contributed by atoms with Crippen LogP contribution in [0, 0.1) is 0 Å². The van der Waals surface area contributed by atoms with E-state index in [1.165, 1.54) is 0 Å². The summed E-state index contributed by atoms with van der Waals surface area (Å²) >= 11 is 0. The van der Waals surface area contributed by atoms with Crippen LogP contribution in [-0.4, -0.2) is 41.0 Å². The maximum atomic E-state index is 11.9. The molecule has 0 bridgehead atoms. The number of anilines is 1. The van der Waals surface area contributed by atoms with Crippen LogP contribution in [0.5, 0.6) is 0 Å². The van der Waals surface area contributed by atoms with E-state index in [9.17, 15) is 14.4 Å². The molecule has 0 fully saturated rings. The van der Waals surface area contributed by atoms with Crippen molar-refractivity contribution in [1.82, 2.24) is 4.90 Å². The molecule has 0 spiro atoms. The fourth-order valence-corrected chi connectivity index (χ4v) is 1.58. The van der Waals surface area contributed by atoms with Crippen molar-refractivity contribution in [2.75, 3.05) is 18.4 Å². The number of hydrogen-bond donors (Lipinski definition) is 3. The molecular weight excluding hydrogens is 262 g/mol. The van der Waals surface area contributed by atoms with Crippen molar-refractivity contribution in [3.05, 3.63) is 29.8 Å². The summed E-state index contributed by atoms with van der Waals surface area (Å²) in [6.45, 7) is 0.960. The number of carboxylic acid groups (broad SMARTS) is 1. The molecule has 108 valence electrons.